The van der Waals surface area contributed by atoms with Crippen LogP contribution in [0.4, 0.5) is 56.9 Å². The van der Waals surface area contributed by atoms with E-state index >= 15 is 0 Å². The third-order valence-corrected chi connectivity index (χ3v) is 23.5. The van der Waals surface area contributed by atoms with Crippen molar-refractivity contribution in [1.29, 1.82) is 0 Å². The molecule has 12 aromatic carbocycles. The first kappa shape index (κ1) is 55.1. The summed E-state index contributed by atoms with van der Waals surface area (Å²) in [5.41, 5.74) is 36.7. The van der Waals surface area contributed by atoms with Gasteiger partial charge < -0.3 is 19.4 Å². The normalized spacial score (nSPS) is 14.1. The van der Waals surface area contributed by atoms with Crippen molar-refractivity contribution in [3.05, 3.63) is 251 Å². The van der Waals surface area contributed by atoms with Crippen LogP contribution in [-0.2, 0) is 10.8 Å². The van der Waals surface area contributed by atoms with Crippen molar-refractivity contribution in [3.63, 3.8) is 0 Å². The molecule has 0 spiro atoms. The highest BCUT2D eigenvalue weighted by Crippen LogP contribution is 2.59. The Morgan fingerprint density at radius 2 is 0.763 bits per heavy atom. The average molecular weight is 1230 g/mol. The Morgan fingerprint density at radius 3 is 1.27 bits per heavy atom. The number of para-hydroxylation sites is 2. The summed E-state index contributed by atoms with van der Waals surface area (Å²) in [6.45, 7) is 25.7. The molecule has 0 aliphatic carbocycles. The van der Waals surface area contributed by atoms with Gasteiger partial charge in [0.1, 0.15) is 0 Å². The smallest absolute Gasteiger partial charge is 0.359 e. The van der Waals surface area contributed by atoms with Gasteiger partial charge in [0.05, 0.1) is 22.7 Å². The zero-order chi connectivity index (χ0) is 63.0. The third-order valence-electron chi connectivity index (χ3n) is 21.2. The summed E-state index contributed by atoms with van der Waals surface area (Å²) in [5.74, 6) is 0. The molecule has 0 saturated carbocycles. The van der Waals surface area contributed by atoms with E-state index in [0.29, 0.717) is 0 Å². The number of hydrogen-bond donors (Lipinski definition) is 0. The van der Waals surface area contributed by atoms with Crippen molar-refractivity contribution in [2.24, 2.45) is 0 Å². The summed E-state index contributed by atoms with van der Waals surface area (Å²) >= 11 is 3.78. The first-order valence-corrected chi connectivity index (χ1v) is 34.7. The highest BCUT2D eigenvalue weighted by atomic mass is 32.1. The fraction of sp³-hybridized carbons (Fsp3) is 0.153. The zero-order valence-corrected chi connectivity index (χ0v) is 56.1. The molecule has 0 atom stereocenters. The maximum atomic E-state index is 2.71. The lowest BCUT2D eigenvalue weighted by atomic mass is 9.33. The molecule has 19 rings (SSSR count). The highest BCUT2D eigenvalue weighted by Gasteiger charge is 2.54. The molecule has 0 fully saturated rings. The Labute approximate surface area is 553 Å². The predicted molar refractivity (Wildman–Crippen MR) is 405 cm³/mol. The van der Waals surface area contributed by atoms with Crippen molar-refractivity contribution in [1.82, 2.24) is 0 Å². The third kappa shape index (κ3) is 7.80. The molecule has 0 unspecified atom stereocenters. The van der Waals surface area contributed by atoms with Gasteiger partial charge in [0.25, 0.3) is 6.71 Å². The summed E-state index contributed by atoms with van der Waals surface area (Å²) in [4.78, 5) is 10.8. The van der Waals surface area contributed by atoms with Gasteiger partial charge in [0.15, 0.2) is 0 Å². The summed E-state index contributed by atoms with van der Waals surface area (Å²) in [7, 11) is 0. The van der Waals surface area contributed by atoms with Gasteiger partial charge in [-0.1, -0.05) is 163 Å². The van der Waals surface area contributed by atoms with Crippen LogP contribution >= 0.6 is 22.7 Å². The standard InChI is InChI=1S/C85H68B2N4S2/c1-47-34-74-81-75(35-47)89(83-50(4)38-55(39-51(83)5)53-29-32-63-61-23-15-19-27-77(61)93-79(63)41-53)71-46-73-72(90-68-24-16-12-20-58(68)64-42-57(85(9,10)11)43-65-59-21-13-17-25-69(59)91(73)87(90)80(64)65)45-67(71)86(81)66-33-30-56(84(6,7)8)44-70(66)88(74)82-48(2)36-54(37-49(82)3)52-28-31-62-60-22-14-18-26-76(60)92-78(62)40-52/h12-46H,1-11H3. The molecule has 5 aliphatic heterocycles. The van der Waals surface area contributed by atoms with Gasteiger partial charge in [-0.15, -0.1) is 22.7 Å². The summed E-state index contributed by atoms with van der Waals surface area (Å²) in [6.07, 6.45) is 0. The van der Waals surface area contributed by atoms with Crippen LogP contribution in [0.1, 0.15) is 80.5 Å². The minimum atomic E-state index is -0.101. The average Bonchev–Trinajstić information content (AvgIpc) is 1.63. The van der Waals surface area contributed by atoms with E-state index in [1.54, 1.807) is 0 Å². The lowest BCUT2D eigenvalue weighted by molar-refractivity contribution is 0.590. The Kier molecular flexibility index (Phi) is 11.4. The summed E-state index contributed by atoms with van der Waals surface area (Å²) in [5, 5.41) is 5.30. The molecule has 7 heterocycles. The van der Waals surface area contributed by atoms with E-state index in [9.17, 15) is 0 Å². The first-order chi connectivity index (χ1) is 44.9. The van der Waals surface area contributed by atoms with Crippen molar-refractivity contribution < 1.29 is 0 Å². The van der Waals surface area contributed by atoms with Crippen molar-refractivity contribution >= 4 is 155 Å². The number of anilines is 10. The lowest BCUT2D eigenvalue weighted by Gasteiger charge is -2.46. The SMILES string of the molecule is Cc1cc2c3c(c1)N(c1c(C)cc(-c4ccc5c(c4)sc4ccccc45)cc1C)c1cc4c(cc1B3c1ccc(C(C)(C)C)cc1N2c1c(C)cc(-c2ccc3c(c2)sc2ccccc23)cc1C)N1B2c3c(cc(C(C)(C)C)cc3-c3ccccc3N24)-c2ccccc21. The topological polar surface area (TPSA) is 13.0 Å². The molecule has 0 N–H and O–H groups in total. The number of rotatable bonds is 4. The molecule has 14 aromatic rings. The summed E-state index contributed by atoms with van der Waals surface area (Å²) < 4.78 is 5.30. The molecule has 4 nitrogen and oxygen atoms in total. The van der Waals surface area contributed by atoms with E-state index in [2.05, 4.69) is 308 Å². The van der Waals surface area contributed by atoms with Crippen LogP contribution < -0.4 is 41.3 Å². The molecule has 2 aromatic heterocycles. The van der Waals surface area contributed by atoms with Crippen LogP contribution in [0.25, 0.3) is 84.9 Å². The number of hydrogen-bond acceptors (Lipinski definition) is 6. The van der Waals surface area contributed by atoms with E-state index in [1.165, 1.54) is 203 Å². The zero-order valence-electron chi connectivity index (χ0n) is 54.5. The molecule has 446 valence electrons. The van der Waals surface area contributed by atoms with Crippen LogP contribution in [0, 0.1) is 34.6 Å². The lowest BCUT2D eigenvalue weighted by Crippen LogP contribution is -2.61. The molecule has 0 bridgehead atoms. The Hall–Kier alpha value is -9.59. The van der Waals surface area contributed by atoms with E-state index in [-0.39, 0.29) is 24.5 Å². The molecular weight excluding hydrogens is 1160 g/mol. The second-order valence-corrected chi connectivity index (χ2v) is 31.3. The van der Waals surface area contributed by atoms with E-state index < -0.39 is 0 Å². The summed E-state index contributed by atoms with van der Waals surface area (Å²) in [6, 6.07) is 82.9. The van der Waals surface area contributed by atoms with Gasteiger partial charge in [-0.2, -0.15) is 0 Å². The van der Waals surface area contributed by atoms with E-state index in [4.69, 9.17) is 0 Å². The van der Waals surface area contributed by atoms with E-state index in [1.807, 2.05) is 22.7 Å². The van der Waals surface area contributed by atoms with Crippen molar-refractivity contribution in [3.8, 4) is 44.5 Å². The number of nitrogens with zero attached hydrogens (tertiary/aromatic N) is 4. The number of aryl methyl sites for hydroxylation is 5. The fourth-order valence-corrected chi connectivity index (χ4v) is 19.3. The highest BCUT2D eigenvalue weighted by molar-refractivity contribution is 7.26. The maximum absolute atomic E-state index is 2.71. The second kappa shape index (κ2) is 19.3. The van der Waals surface area contributed by atoms with E-state index in [0.717, 1.165) is 0 Å². The first-order valence-electron chi connectivity index (χ1n) is 33.0. The minimum Gasteiger partial charge on any atom is -0.359 e. The maximum Gasteiger partial charge on any atom is 0.422 e. The van der Waals surface area contributed by atoms with Gasteiger partial charge in [0.2, 0.25) is 0 Å². The van der Waals surface area contributed by atoms with Crippen LogP contribution in [-0.4, -0.2) is 13.7 Å². The molecule has 0 amide bonds. The van der Waals surface area contributed by atoms with Crippen LogP contribution in [0.5, 0.6) is 0 Å². The molecule has 5 aliphatic rings. The van der Waals surface area contributed by atoms with Crippen LogP contribution in [0.15, 0.2) is 212 Å². The molecule has 93 heavy (non-hydrogen) atoms. The van der Waals surface area contributed by atoms with Gasteiger partial charge in [0, 0.05) is 85.6 Å². The fourth-order valence-electron chi connectivity index (χ4n) is 17.0. The minimum absolute atomic E-state index is 0.0472. The van der Waals surface area contributed by atoms with Gasteiger partial charge in [-0.25, -0.2) is 0 Å². The van der Waals surface area contributed by atoms with Gasteiger partial charge in [-0.3, -0.25) is 0 Å². The van der Waals surface area contributed by atoms with Crippen molar-refractivity contribution in [2.45, 2.75) is 87.0 Å². The number of fused-ring (bicyclic) bond motifs is 19. The van der Waals surface area contributed by atoms with Gasteiger partial charge >= 0.3 is 6.98 Å². The van der Waals surface area contributed by atoms with Gasteiger partial charge in [-0.05, 0) is 231 Å². The van der Waals surface area contributed by atoms with Crippen molar-refractivity contribution in [2.75, 3.05) is 19.4 Å². The molecule has 8 heteroatoms. The predicted octanol–water partition coefficient (Wildman–Crippen LogP) is 21.6. The Bertz CT molecular complexity index is 5610. The molecule has 0 radical (unpaired) electrons. The van der Waals surface area contributed by atoms with Crippen LogP contribution in [0.2, 0.25) is 0 Å². The Morgan fingerprint density at radius 1 is 0.312 bits per heavy atom. The Balaban J connectivity index is 0.868. The number of benzene rings is 12. The largest absolute Gasteiger partial charge is 0.422 e. The molecular formula is C85H68B2N4S2. The quantitative estimate of drug-likeness (QED) is 0.163. The second-order valence-electron chi connectivity index (χ2n) is 29.2. The number of thiophene rings is 2. The monoisotopic (exact) mass is 1230 g/mol. The van der Waals surface area contributed by atoms with Crippen LogP contribution in [0.3, 0.4) is 0 Å². The molecule has 0 saturated heterocycles.